The van der Waals surface area contributed by atoms with Gasteiger partial charge in [-0.15, -0.1) is 0 Å². The molecule has 0 radical (unpaired) electrons. The number of amides is 1. The number of benzene rings is 1. The number of hydrogen-bond acceptors (Lipinski definition) is 3. The molecule has 0 bridgehead atoms. The van der Waals surface area contributed by atoms with Gasteiger partial charge in [0.1, 0.15) is 6.10 Å². The van der Waals surface area contributed by atoms with Gasteiger partial charge in [-0.3, -0.25) is 4.79 Å². The Balaban J connectivity index is 1.50. The van der Waals surface area contributed by atoms with E-state index in [1.807, 2.05) is 6.07 Å². The number of aryl methyl sites for hydroxylation is 1. The van der Waals surface area contributed by atoms with E-state index in [4.69, 9.17) is 4.74 Å². The van der Waals surface area contributed by atoms with E-state index in [2.05, 4.69) is 29.6 Å². The number of esters is 1. The summed E-state index contributed by atoms with van der Waals surface area (Å²) in [5.74, 6) is -0.370. The summed E-state index contributed by atoms with van der Waals surface area (Å²) < 4.78 is 4.80. The summed E-state index contributed by atoms with van der Waals surface area (Å²) in [6.07, 6.45) is 5.59. The molecule has 1 aromatic rings. The first-order chi connectivity index (χ1) is 10.2. The van der Waals surface area contributed by atoms with Crippen molar-refractivity contribution in [3.63, 3.8) is 0 Å². The van der Waals surface area contributed by atoms with Crippen LogP contribution in [0.5, 0.6) is 0 Å². The maximum absolute atomic E-state index is 11.7. The molecule has 1 aliphatic heterocycles. The van der Waals surface area contributed by atoms with Gasteiger partial charge >= 0.3 is 5.97 Å². The van der Waals surface area contributed by atoms with Crippen LogP contribution in [0.3, 0.4) is 0 Å². The van der Waals surface area contributed by atoms with Crippen molar-refractivity contribution in [3.05, 3.63) is 35.9 Å². The zero-order valence-corrected chi connectivity index (χ0v) is 12.5. The second-order valence-corrected chi connectivity index (χ2v) is 5.59. The summed E-state index contributed by atoms with van der Waals surface area (Å²) in [6, 6.07) is 10.0. The van der Waals surface area contributed by atoms with Crippen molar-refractivity contribution in [1.82, 2.24) is 5.32 Å². The van der Waals surface area contributed by atoms with Gasteiger partial charge in [0, 0.05) is 6.42 Å². The Morgan fingerprint density at radius 1 is 1.14 bits per heavy atom. The third kappa shape index (κ3) is 4.88. The standard InChI is InChI=1S/C17H23NO3/c1-13-16(17(20)21-13)18-15(19)12-8-3-2-5-9-14-10-6-4-7-11-14/h4,6-7,10-11,13,16H,2-3,5,8-9,12H2,1H3,(H,18,19). The topological polar surface area (TPSA) is 55.4 Å². The van der Waals surface area contributed by atoms with Crippen LogP contribution in [0.4, 0.5) is 0 Å². The van der Waals surface area contributed by atoms with Crippen molar-refractivity contribution in [3.8, 4) is 0 Å². The molecule has 1 amide bonds. The van der Waals surface area contributed by atoms with E-state index in [9.17, 15) is 9.59 Å². The number of carbonyl (C=O) groups excluding carboxylic acids is 2. The monoisotopic (exact) mass is 289 g/mol. The number of rotatable bonds is 8. The van der Waals surface area contributed by atoms with Crippen molar-refractivity contribution in [2.45, 2.75) is 57.6 Å². The predicted molar refractivity (Wildman–Crippen MR) is 80.7 cm³/mol. The van der Waals surface area contributed by atoms with Crippen LogP contribution in [0.1, 0.15) is 44.6 Å². The molecule has 1 aromatic carbocycles. The molecule has 114 valence electrons. The van der Waals surface area contributed by atoms with E-state index in [0.29, 0.717) is 6.42 Å². The average Bonchev–Trinajstić information content (AvgIpc) is 2.49. The molecule has 4 nitrogen and oxygen atoms in total. The van der Waals surface area contributed by atoms with Crippen molar-refractivity contribution >= 4 is 11.9 Å². The zero-order chi connectivity index (χ0) is 15.1. The lowest BCUT2D eigenvalue weighted by atomic mass is 10.0. The molecule has 1 fully saturated rings. The molecular weight excluding hydrogens is 266 g/mol. The second kappa shape index (κ2) is 7.81. The average molecular weight is 289 g/mol. The normalized spacial score (nSPS) is 20.5. The van der Waals surface area contributed by atoms with Gasteiger partial charge in [0.05, 0.1) is 0 Å². The second-order valence-electron chi connectivity index (χ2n) is 5.59. The first kappa shape index (κ1) is 15.5. The van der Waals surface area contributed by atoms with E-state index < -0.39 is 6.04 Å². The summed E-state index contributed by atoms with van der Waals surface area (Å²) in [5, 5.41) is 2.72. The quantitative estimate of drug-likeness (QED) is 0.591. The predicted octanol–water partition coefficient (Wildman–Crippen LogP) is 2.61. The van der Waals surface area contributed by atoms with Gasteiger partial charge in [-0.05, 0) is 31.7 Å². The Morgan fingerprint density at radius 3 is 2.52 bits per heavy atom. The lowest BCUT2D eigenvalue weighted by Gasteiger charge is -2.32. The number of unbranched alkanes of at least 4 members (excludes halogenated alkanes) is 3. The molecule has 2 rings (SSSR count). The van der Waals surface area contributed by atoms with E-state index >= 15 is 0 Å². The van der Waals surface area contributed by atoms with Gasteiger partial charge in [-0.2, -0.15) is 0 Å². The van der Waals surface area contributed by atoms with Gasteiger partial charge < -0.3 is 10.1 Å². The molecule has 1 saturated heterocycles. The minimum absolute atomic E-state index is 0.0495. The molecule has 1 aliphatic rings. The first-order valence-electron chi connectivity index (χ1n) is 7.70. The highest BCUT2D eigenvalue weighted by atomic mass is 16.6. The maximum Gasteiger partial charge on any atom is 0.332 e. The largest absolute Gasteiger partial charge is 0.458 e. The Labute approximate surface area is 125 Å². The minimum atomic E-state index is -0.435. The van der Waals surface area contributed by atoms with Gasteiger partial charge in [0.2, 0.25) is 5.91 Å². The van der Waals surface area contributed by atoms with Crippen LogP contribution in [-0.2, 0) is 20.7 Å². The molecule has 2 atom stereocenters. The fourth-order valence-corrected chi connectivity index (χ4v) is 2.48. The maximum atomic E-state index is 11.7. The Bertz CT molecular complexity index is 472. The highest BCUT2D eigenvalue weighted by Gasteiger charge is 2.39. The molecule has 0 saturated carbocycles. The lowest BCUT2D eigenvalue weighted by Crippen LogP contribution is -2.58. The van der Waals surface area contributed by atoms with Crippen molar-refractivity contribution in [2.75, 3.05) is 0 Å². The molecule has 1 heterocycles. The van der Waals surface area contributed by atoms with Crippen molar-refractivity contribution in [2.24, 2.45) is 0 Å². The van der Waals surface area contributed by atoms with Crippen LogP contribution in [0.25, 0.3) is 0 Å². The van der Waals surface area contributed by atoms with Gasteiger partial charge in [0.15, 0.2) is 6.04 Å². The summed E-state index contributed by atoms with van der Waals surface area (Å²) in [7, 11) is 0. The fourth-order valence-electron chi connectivity index (χ4n) is 2.48. The number of nitrogens with one attached hydrogen (secondary N) is 1. The van der Waals surface area contributed by atoms with E-state index in [1.54, 1.807) is 6.92 Å². The van der Waals surface area contributed by atoms with Crippen molar-refractivity contribution < 1.29 is 14.3 Å². The highest BCUT2D eigenvalue weighted by molar-refractivity contribution is 5.88. The summed E-state index contributed by atoms with van der Waals surface area (Å²) in [5.41, 5.74) is 1.37. The van der Waals surface area contributed by atoms with Crippen LogP contribution in [0, 0.1) is 0 Å². The third-order valence-electron chi connectivity index (χ3n) is 3.80. The van der Waals surface area contributed by atoms with Crippen LogP contribution < -0.4 is 5.32 Å². The molecule has 4 heteroatoms. The number of cyclic esters (lactones) is 1. The lowest BCUT2D eigenvalue weighted by molar-refractivity contribution is -0.176. The number of carbonyl (C=O) groups is 2. The molecule has 0 aliphatic carbocycles. The minimum Gasteiger partial charge on any atom is -0.458 e. The van der Waals surface area contributed by atoms with Crippen LogP contribution in [0.15, 0.2) is 30.3 Å². The number of ether oxygens (including phenoxy) is 1. The molecule has 1 N–H and O–H groups in total. The molecule has 0 aromatic heterocycles. The highest BCUT2D eigenvalue weighted by Crippen LogP contribution is 2.14. The Hall–Kier alpha value is -1.84. The third-order valence-corrected chi connectivity index (χ3v) is 3.80. The van der Waals surface area contributed by atoms with E-state index in [-0.39, 0.29) is 18.0 Å². The van der Waals surface area contributed by atoms with Crippen LogP contribution in [0.2, 0.25) is 0 Å². The van der Waals surface area contributed by atoms with E-state index in [1.165, 1.54) is 5.56 Å². The molecular formula is C17H23NO3. The van der Waals surface area contributed by atoms with Crippen molar-refractivity contribution in [1.29, 1.82) is 0 Å². The fraction of sp³-hybridized carbons (Fsp3) is 0.529. The Morgan fingerprint density at radius 2 is 1.86 bits per heavy atom. The SMILES string of the molecule is CC1OC(=O)C1NC(=O)CCCCCCc1ccccc1. The first-order valence-corrected chi connectivity index (χ1v) is 7.70. The Kier molecular flexibility index (Phi) is 5.78. The number of hydrogen-bond donors (Lipinski definition) is 1. The van der Waals surface area contributed by atoms with Gasteiger partial charge in [0.25, 0.3) is 0 Å². The molecule has 2 unspecified atom stereocenters. The summed E-state index contributed by atoms with van der Waals surface area (Å²) in [6.45, 7) is 1.79. The van der Waals surface area contributed by atoms with Crippen LogP contribution >= 0.6 is 0 Å². The summed E-state index contributed by atoms with van der Waals surface area (Å²) in [4.78, 5) is 22.8. The van der Waals surface area contributed by atoms with Crippen LogP contribution in [-0.4, -0.2) is 24.0 Å². The zero-order valence-electron chi connectivity index (χ0n) is 12.5. The van der Waals surface area contributed by atoms with Gasteiger partial charge in [-0.25, -0.2) is 4.79 Å². The van der Waals surface area contributed by atoms with Gasteiger partial charge in [-0.1, -0.05) is 43.2 Å². The summed E-state index contributed by atoms with van der Waals surface area (Å²) >= 11 is 0. The van der Waals surface area contributed by atoms with E-state index in [0.717, 1.165) is 32.1 Å². The molecule has 21 heavy (non-hydrogen) atoms. The smallest absolute Gasteiger partial charge is 0.332 e. The molecule has 0 spiro atoms.